The second-order valence-electron chi connectivity index (χ2n) is 6.79. The Morgan fingerprint density at radius 2 is 2.07 bits per heavy atom. The molecule has 0 aromatic heterocycles. The Balaban J connectivity index is 1.71. The topological polar surface area (TPSA) is 46.5 Å². The summed E-state index contributed by atoms with van der Waals surface area (Å²) in [6.07, 6.45) is 9.50. The van der Waals surface area contributed by atoms with E-state index in [4.69, 9.17) is 9.84 Å². The van der Waals surface area contributed by atoms with Crippen LogP contribution in [0.15, 0.2) is 60.0 Å². The summed E-state index contributed by atoms with van der Waals surface area (Å²) < 4.78 is 19.6. The summed E-state index contributed by atoms with van der Waals surface area (Å²) in [6.45, 7) is 1.71. The predicted octanol–water partition coefficient (Wildman–Crippen LogP) is 5.17. The van der Waals surface area contributed by atoms with Crippen LogP contribution in [-0.4, -0.2) is 17.2 Å². The fourth-order valence-corrected chi connectivity index (χ4v) is 3.65. The lowest BCUT2D eigenvalue weighted by molar-refractivity contribution is -0.137. The van der Waals surface area contributed by atoms with Gasteiger partial charge in [0.15, 0.2) is 0 Å². The Morgan fingerprint density at radius 1 is 1.30 bits per heavy atom. The lowest BCUT2D eigenvalue weighted by Crippen LogP contribution is -2.16. The molecule has 0 radical (unpaired) electrons. The molecule has 0 saturated heterocycles. The zero-order valence-electron chi connectivity index (χ0n) is 15.3. The normalized spacial score (nSPS) is 26.1. The minimum absolute atomic E-state index is 0.00897. The highest BCUT2D eigenvalue weighted by atomic mass is 19.1. The van der Waals surface area contributed by atoms with E-state index in [9.17, 15) is 9.18 Å². The van der Waals surface area contributed by atoms with Crippen LogP contribution in [-0.2, 0) is 4.79 Å². The van der Waals surface area contributed by atoms with Crippen molar-refractivity contribution in [3.05, 3.63) is 65.5 Å². The molecule has 0 spiro atoms. The molecule has 1 aromatic rings. The number of allylic oxidation sites excluding steroid dienone is 5. The first-order chi connectivity index (χ1) is 13.1. The Morgan fingerprint density at radius 3 is 2.78 bits per heavy atom. The van der Waals surface area contributed by atoms with Crippen LogP contribution in [0, 0.1) is 17.8 Å². The van der Waals surface area contributed by atoms with Crippen molar-refractivity contribution in [2.45, 2.75) is 44.6 Å². The summed E-state index contributed by atoms with van der Waals surface area (Å²) in [5.41, 5.74) is 2.08. The van der Waals surface area contributed by atoms with Crippen LogP contribution in [0.4, 0.5) is 4.39 Å². The summed E-state index contributed by atoms with van der Waals surface area (Å²) in [5, 5.41) is 9.05. The van der Waals surface area contributed by atoms with Gasteiger partial charge in [-0.3, -0.25) is 4.79 Å². The van der Waals surface area contributed by atoms with E-state index >= 15 is 0 Å². The molecule has 1 N–H and O–H groups in total. The summed E-state index contributed by atoms with van der Waals surface area (Å²) in [7, 11) is 0. The number of rotatable bonds is 5. The summed E-state index contributed by atoms with van der Waals surface area (Å²) in [5.74, 6) is 5.36. The van der Waals surface area contributed by atoms with Crippen LogP contribution in [0.25, 0.3) is 0 Å². The molecule has 3 unspecified atom stereocenters. The summed E-state index contributed by atoms with van der Waals surface area (Å²) in [4.78, 5) is 11.0. The molecule has 4 heteroatoms. The van der Waals surface area contributed by atoms with E-state index < -0.39 is 5.97 Å². The Bertz CT molecular complexity index is 837. The Labute approximate surface area is 159 Å². The molecular weight excluding hydrogens is 343 g/mol. The molecule has 3 rings (SSSR count). The SMILES string of the molecule is CC#CC(CC(=O)O)c1ccc(OC2CCC3C=C/C(F)=C\C/C=C\32)cc1. The number of fused-ring (bicyclic) bond motifs is 1. The van der Waals surface area contributed by atoms with Crippen molar-refractivity contribution >= 4 is 5.97 Å². The fourth-order valence-electron chi connectivity index (χ4n) is 3.65. The number of hydrogen-bond acceptors (Lipinski definition) is 2. The third-order valence-corrected chi connectivity index (χ3v) is 4.95. The molecule has 0 aliphatic heterocycles. The van der Waals surface area contributed by atoms with E-state index in [0.29, 0.717) is 6.42 Å². The number of aliphatic carboxylic acids is 1. The molecule has 0 amide bonds. The van der Waals surface area contributed by atoms with Gasteiger partial charge in [0.25, 0.3) is 0 Å². The largest absolute Gasteiger partial charge is 0.486 e. The molecule has 1 aromatic carbocycles. The van der Waals surface area contributed by atoms with Gasteiger partial charge in [-0.25, -0.2) is 4.39 Å². The zero-order valence-corrected chi connectivity index (χ0v) is 15.3. The number of hydrogen-bond donors (Lipinski definition) is 1. The smallest absolute Gasteiger partial charge is 0.304 e. The molecule has 2 aliphatic carbocycles. The second kappa shape index (κ2) is 8.73. The average Bonchev–Trinajstić information content (AvgIpc) is 2.99. The molecule has 0 bridgehead atoms. The van der Waals surface area contributed by atoms with Crippen LogP contribution in [0.3, 0.4) is 0 Å². The first-order valence-electron chi connectivity index (χ1n) is 9.21. The van der Waals surface area contributed by atoms with Gasteiger partial charge in [0.05, 0.1) is 12.3 Å². The summed E-state index contributed by atoms with van der Waals surface area (Å²) >= 11 is 0. The zero-order chi connectivity index (χ0) is 19.2. The second-order valence-corrected chi connectivity index (χ2v) is 6.79. The van der Waals surface area contributed by atoms with Crippen molar-refractivity contribution in [1.29, 1.82) is 0 Å². The molecule has 3 nitrogen and oxygen atoms in total. The highest BCUT2D eigenvalue weighted by molar-refractivity contribution is 5.69. The standard InChI is InChI=1S/C23H23FO3/c1-2-4-18(15-23(25)26)16-8-12-20(13-9-16)27-22-14-10-17-7-11-19(24)5-3-6-21(17)22/h5-9,11-13,17-18,22H,3,10,14-15H2,1H3,(H,25,26)/b11-7?,19-5+,21-6+. The van der Waals surface area contributed by atoms with Crippen molar-refractivity contribution in [2.24, 2.45) is 5.92 Å². The molecule has 1 saturated carbocycles. The molecule has 2 aliphatic rings. The number of ether oxygens (including phenoxy) is 1. The molecule has 0 heterocycles. The van der Waals surface area contributed by atoms with Crippen molar-refractivity contribution < 1.29 is 19.0 Å². The lowest BCUT2D eigenvalue weighted by atomic mass is 9.96. The van der Waals surface area contributed by atoms with Crippen molar-refractivity contribution in [3.63, 3.8) is 0 Å². The van der Waals surface area contributed by atoms with E-state index in [0.717, 1.165) is 24.2 Å². The molecule has 140 valence electrons. The van der Waals surface area contributed by atoms with Crippen molar-refractivity contribution in [3.8, 4) is 17.6 Å². The highest BCUT2D eigenvalue weighted by Gasteiger charge is 2.30. The Hall–Kier alpha value is -2.80. The first-order valence-corrected chi connectivity index (χ1v) is 9.21. The van der Waals surface area contributed by atoms with Gasteiger partial charge in [-0.2, -0.15) is 0 Å². The highest BCUT2D eigenvalue weighted by Crippen LogP contribution is 2.37. The van der Waals surface area contributed by atoms with Crippen LogP contribution < -0.4 is 4.74 Å². The van der Waals surface area contributed by atoms with Crippen LogP contribution in [0.5, 0.6) is 5.75 Å². The number of benzene rings is 1. The first kappa shape index (κ1) is 19.0. The van der Waals surface area contributed by atoms with Crippen molar-refractivity contribution in [1.82, 2.24) is 0 Å². The maximum Gasteiger partial charge on any atom is 0.304 e. The third kappa shape index (κ3) is 4.89. The van der Waals surface area contributed by atoms with E-state index in [1.165, 1.54) is 5.57 Å². The van der Waals surface area contributed by atoms with E-state index in [-0.39, 0.29) is 30.2 Å². The van der Waals surface area contributed by atoms with Crippen LogP contribution >= 0.6 is 0 Å². The molecule has 1 fully saturated rings. The van der Waals surface area contributed by atoms with Crippen molar-refractivity contribution in [2.75, 3.05) is 0 Å². The van der Waals surface area contributed by atoms with E-state index in [2.05, 4.69) is 17.9 Å². The maximum absolute atomic E-state index is 13.4. The lowest BCUT2D eigenvalue weighted by Gasteiger charge is -2.18. The van der Waals surface area contributed by atoms with Gasteiger partial charge in [-0.05, 0) is 61.6 Å². The number of carboxylic acids is 1. The quantitative estimate of drug-likeness (QED) is 0.578. The Kier molecular flexibility index (Phi) is 6.13. The van der Waals surface area contributed by atoms with Gasteiger partial charge in [0, 0.05) is 5.92 Å². The molecule has 27 heavy (non-hydrogen) atoms. The average molecular weight is 366 g/mol. The monoisotopic (exact) mass is 366 g/mol. The fraction of sp³-hybridized carbons (Fsp3) is 0.348. The van der Waals surface area contributed by atoms with Gasteiger partial charge in [0.1, 0.15) is 17.7 Å². The van der Waals surface area contributed by atoms with Crippen LogP contribution in [0.1, 0.15) is 44.1 Å². The van der Waals surface area contributed by atoms with Crippen LogP contribution in [0.2, 0.25) is 0 Å². The number of carboxylic acid groups (broad SMARTS) is 1. The van der Waals surface area contributed by atoms with Gasteiger partial charge < -0.3 is 9.84 Å². The maximum atomic E-state index is 13.4. The third-order valence-electron chi connectivity index (χ3n) is 4.95. The number of halogens is 1. The van der Waals surface area contributed by atoms with Gasteiger partial charge >= 0.3 is 5.97 Å². The minimum Gasteiger partial charge on any atom is -0.486 e. The van der Waals surface area contributed by atoms with Gasteiger partial charge in [-0.15, -0.1) is 5.92 Å². The van der Waals surface area contributed by atoms with Gasteiger partial charge in [0.2, 0.25) is 0 Å². The van der Waals surface area contributed by atoms with Gasteiger partial charge in [-0.1, -0.05) is 30.2 Å². The molecule has 3 atom stereocenters. The minimum atomic E-state index is -0.866. The van der Waals surface area contributed by atoms with E-state index in [1.807, 2.05) is 30.3 Å². The number of carbonyl (C=O) groups is 1. The summed E-state index contributed by atoms with van der Waals surface area (Å²) in [6, 6.07) is 7.50. The van der Waals surface area contributed by atoms with E-state index in [1.54, 1.807) is 19.1 Å². The molecular formula is C23H23FO3. The predicted molar refractivity (Wildman–Crippen MR) is 103 cm³/mol.